The van der Waals surface area contributed by atoms with E-state index in [0.29, 0.717) is 11.0 Å². The van der Waals surface area contributed by atoms with Crippen molar-refractivity contribution in [2.24, 2.45) is 5.41 Å². The molecule has 1 aromatic carbocycles. The highest BCUT2D eigenvalue weighted by Crippen LogP contribution is 2.44. The third kappa shape index (κ3) is 5.06. The predicted octanol–water partition coefficient (Wildman–Crippen LogP) is 4.93. The number of carbonyl (C=O) groups is 1. The van der Waals surface area contributed by atoms with Crippen molar-refractivity contribution in [1.82, 2.24) is 0 Å². The molecule has 0 saturated carbocycles. The van der Waals surface area contributed by atoms with Crippen molar-refractivity contribution >= 4 is 35.1 Å². The Balaban J connectivity index is 2.00. The van der Waals surface area contributed by atoms with Crippen LogP contribution in [-0.2, 0) is 4.79 Å². The molecule has 0 radical (unpaired) electrons. The van der Waals surface area contributed by atoms with E-state index in [9.17, 15) is 4.79 Å². The summed E-state index contributed by atoms with van der Waals surface area (Å²) in [6.07, 6.45) is 1.85. The zero-order valence-corrected chi connectivity index (χ0v) is 14.1. The second-order valence-electron chi connectivity index (χ2n) is 6.34. The van der Waals surface area contributed by atoms with E-state index in [4.69, 9.17) is 0 Å². The van der Waals surface area contributed by atoms with Crippen molar-refractivity contribution in [2.45, 2.75) is 38.2 Å². The zero-order chi connectivity index (χ0) is 14.6. The van der Waals surface area contributed by atoms with Gasteiger partial charge in [0.25, 0.3) is 0 Å². The largest absolute Gasteiger partial charge is 0.326 e. The van der Waals surface area contributed by atoms with E-state index in [-0.39, 0.29) is 11.3 Å². The van der Waals surface area contributed by atoms with E-state index in [1.54, 1.807) is 0 Å². The summed E-state index contributed by atoms with van der Waals surface area (Å²) in [4.78, 5) is 12.0. The Hall–Kier alpha value is -0.610. The lowest BCUT2D eigenvalue weighted by molar-refractivity contribution is -0.117. The summed E-state index contributed by atoms with van der Waals surface area (Å²) < 4.78 is 0.517. The fourth-order valence-electron chi connectivity index (χ4n) is 2.13. The molecule has 2 rings (SSSR count). The van der Waals surface area contributed by atoms with Crippen LogP contribution in [0.4, 0.5) is 5.69 Å². The molecule has 4 heteroatoms. The molecule has 0 aromatic heterocycles. The molecule has 0 aliphatic carbocycles. The SMILES string of the molecule is CC(C)(C)CC(=O)Nc1cccc(C2SCCCS2)c1. The minimum Gasteiger partial charge on any atom is -0.326 e. The summed E-state index contributed by atoms with van der Waals surface area (Å²) in [6.45, 7) is 6.24. The van der Waals surface area contributed by atoms with Crippen LogP contribution in [0.3, 0.4) is 0 Å². The van der Waals surface area contributed by atoms with Gasteiger partial charge in [0.1, 0.15) is 0 Å². The van der Waals surface area contributed by atoms with Gasteiger partial charge in [0.15, 0.2) is 0 Å². The molecule has 1 aliphatic heterocycles. The molecule has 1 aliphatic rings. The molecule has 2 nitrogen and oxygen atoms in total. The summed E-state index contributed by atoms with van der Waals surface area (Å²) in [5, 5.41) is 3.02. The first-order valence-corrected chi connectivity index (χ1v) is 9.17. The number of amides is 1. The molecule has 110 valence electrons. The molecule has 1 aromatic rings. The number of rotatable bonds is 3. The van der Waals surface area contributed by atoms with E-state index in [0.717, 1.165) is 5.69 Å². The van der Waals surface area contributed by atoms with Crippen molar-refractivity contribution in [3.63, 3.8) is 0 Å². The average molecular weight is 310 g/mol. The van der Waals surface area contributed by atoms with Crippen LogP contribution in [-0.4, -0.2) is 17.4 Å². The van der Waals surface area contributed by atoms with Crippen LogP contribution in [0.25, 0.3) is 0 Å². The highest BCUT2D eigenvalue weighted by atomic mass is 32.2. The molecule has 1 amide bonds. The highest BCUT2D eigenvalue weighted by molar-refractivity contribution is 8.16. The van der Waals surface area contributed by atoms with Crippen molar-refractivity contribution in [1.29, 1.82) is 0 Å². The molecule has 1 N–H and O–H groups in total. The van der Waals surface area contributed by atoms with E-state index < -0.39 is 0 Å². The second-order valence-corrected chi connectivity index (χ2v) is 9.06. The Bertz CT molecular complexity index is 462. The van der Waals surface area contributed by atoms with Crippen molar-refractivity contribution in [2.75, 3.05) is 16.8 Å². The zero-order valence-electron chi connectivity index (χ0n) is 12.4. The molecule has 0 spiro atoms. The maximum Gasteiger partial charge on any atom is 0.224 e. The summed E-state index contributed by atoms with van der Waals surface area (Å²) in [7, 11) is 0. The van der Waals surface area contributed by atoms with Crippen LogP contribution in [0.15, 0.2) is 24.3 Å². The van der Waals surface area contributed by atoms with Crippen LogP contribution in [0, 0.1) is 5.41 Å². The van der Waals surface area contributed by atoms with Crippen LogP contribution in [0.2, 0.25) is 0 Å². The van der Waals surface area contributed by atoms with Gasteiger partial charge in [-0.2, -0.15) is 0 Å². The molecule has 0 bridgehead atoms. The molecule has 1 heterocycles. The van der Waals surface area contributed by atoms with Gasteiger partial charge in [-0.3, -0.25) is 4.79 Å². The van der Waals surface area contributed by atoms with Crippen molar-refractivity contribution in [3.8, 4) is 0 Å². The first kappa shape index (κ1) is 15.8. The Labute approximate surface area is 130 Å². The van der Waals surface area contributed by atoms with E-state index in [1.807, 2.05) is 35.7 Å². The first-order chi connectivity index (χ1) is 9.44. The lowest BCUT2D eigenvalue weighted by atomic mass is 9.92. The number of carbonyl (C=O) groups excluding carboxylic acids is 1. The summed E-state index contributed by atoms with van der Waals surface area (Å²) >= 11 is 4.01. The van der Waals surface area contributed by atoms with Gasteiger partial charge in [-0.15, -0.1) is 23.5 Å². The number of benzene rings is 1. The molecule has 0 unspecified atom stereocenters. The Morgan fingerprint density at radius 3 is 2.65 bits per heavy atom. The normalized spacial score (nSPS) is 16.9. The smallest absolute Gasteiger partial charge is 0.224 e. The van der Waals surface area contributed by atoms with Gasteiger partial charge >= 0.3 is 0 Å². The lowest BCUT2D eigenvalue weighted by Crippen LogP contribution is -2.19. The van der Waals surface area contributed by atoms with Crippen LogP contribution in [0.5, 0.6) is 0 Å². The summed E-state index contributed by atoms with van der Waals surface area (Å²) in [5.41, 5.74) is 2.26. The maximum atomic E-state index is 12.0. The number of nitrogens with one attached hydrogen (secondary N) is 1. The Kier molecular flexibility index (Phi) is 5.44. The van der Waals surface area contributed by atoms with Gasteiger partial charge in [0.05, 0.1) is 4.58 Å². The Morgan fingerprint density at radius 2 is 2.00 bits per heavy atom. The van der Waals surface area contributed by atoms with E-state index in [1.165, 1.54) is 23.5 Å². The number of hydrogen-bond donors (Lipinski definition) is 1. The number of anilines is 1. The first-order valence-electron chi connectivity index (χ1n) is 7.07. The van der Waals surface area contributed by atoms with Gasteiger partial charge in [-0.1, -0.05) is 32.9 Å². The Morgan fingerprint density at radius 1 is 1.30 bits per heavy atom. The number of thioether (sulfide) groups is 2. The summed E-state index contributed by atoms with van der Waals surface area (Å²) in [6, 6.07) is 8.30. The van der Waals surface area contributed by atoms with Gasteiger partial charge < -0.3 is 5.32 Å². The van der Waals surface area contributed by atoms with Crippen LogP contribution in [0.1, 0.15) is 43.8 Å². The van der Waals surface area contributed by atoms with Crippen molar-refractivity contribution < 1.29 is 4.79 Å². The fourth-order valence-corrected chi connectivity index (χ4v) is 5.00. The van der Waals surface area contributed by atoms with Crippen molar-refractivity contribution in [3.05, 3.63) is 29.8 Å². The third-order valence-electron chi connectivity index (χ3n) is 2.96. The predicted molar refractivity (Wildman–Crippen MR) is 91.4 cm³/mol. The summed E-state index contributed by atoms with van der Waals surface area (Å²) in [5.74, 6) is 2.56. The van der Waals surface area contributed by atoms with Gasteiger partial charge in [-0.25, -0.2) is 0 Å². The second kappa shape index (κ2) is 6.90. The number of hydrogen-bond acceptors (Lipinski definition) is 3. The van der Waals surface area contributed by atoms with Crippen LogP contribution >= 0.6 is 23.5 Å². The molecular formula is C16H23NOS2. The average Bonchev–Trinajstić information content (AvgIpc) is 2.38. The van der Waals surface area contributed by atoms with E-state index >= 15 is 0 Å². The standard InChI is InChI=1S/C16H23NOS2/c1-16(2,3)11-14(18)17-13-7-4-6-12(10-13)15-19-8-5-9-20-15/h4,6-7,10,15H,5,8-9,11H2,1-3H3,(H,17,18). The molecule has 20 heavy (non-hydrogen) atoms. The lowest BCUT2D eigenvalue weighted by Gasteiger charge is -2.22. The molecule has 1 fully saturated rings. The van der Waals surface area contributed by atoms with Gasteiger partial charge in [0, 0.05) is 12.1 Å². The molecular weight excluding hydrogens is 286 g/mol. The quantitative estimate of drug-likeness (QED) is 0.858. The minimum atomic E-state index is 0.0246. The van der Waals surface area contributed by atoms with E-state index in [2.05, 4.69) is 38.2 Å². The topological polar surface area (TPSA) is 29.1 Å². The van der Waals surface area contributed by atoms with Crippen LogP contribution < -0.4 is 5.32 Å². The maximum absolute atomic E-state index is 12.0. The third-order valence-corrected chi connectivity index (χ3v) is 5.98. The minimum absolute atomic E-state index is 0.0246. The molecule has 1 saturated heterocycles. The highest BCUT2D eigenvalue weighted by Gasteiger charge is 2.18. The molecule has 0 atom stereocenters. The van der Waals surface area contributed by atoms with Gasteiger partial charge in [-0.05, 0) is 41.0 Å². The van der Waals surface area contributed by atoms with Gasteiger partial charge in [0.2, 0.25) is 5.91 Å². The monoisotopic (exact) mass is 309 g/mol. The fraction of sp³-hybridized carbons (Fsp3) is 0.562.